The molecule has 0 amide bonds. The van der Waals surface area contributed by atoms with Gasteiger partial charge in [0.25, 0.3) is 0 Å². The minimum Gasteiger partial charge on any atom is -0.389 e. The summed E-state index contributed by atoms with van der Waals surface area (Å²) in [6, 6.07) is 0. The van der Waals surface area contributed by atoms with Crippen molar-refractivity contribution in [2.75, 3.05) is 0 Å². The Hall–Kier alpha value is -1.64. The van der Waals surface area contributed by atoms with Gasteiger partial charge in [-0.1, -0.05) is 87.4 Å². The number of allylic oxidation sites excluding steroid dienone is 10. The lowest BCUT2D eigenvalue weighted by atomic mass is 9.88. The quantitative estimate of drug-likeness (QED) is 0.379. The van der Waals surface area contributed by atoms with Crippen LogP contribution in [0, 0.1) is 23.7 Å². The van der Waals surface area contributed by atoms with Crippen LogP contribution >= 0.6 is 0 Å². The first-order chi connectivity index (χ1) is 15.0. The van der Waals surface area contributed by atoms with E-state index in [-0.39, 0.29) is 12.2 Å². The van der Waals surface area contributed by atoms with Crippen LogP contribution in [0.4, 0.5) is 0 Å². The van der Waals surface area contributed by atoms with Crippen molar-refractivity contribution in [3.8, 4) is 0 Å². The van der Waals surface area contributed by atoms with Gasteiger partial charge in [-0.25, -0.2) is 0 Å². The summed E-state index contributed by atoms with van der Waals surface area (Å²) in [4.78, 5) is 0. The molecule has 2 aliphatic rings. The molecular formula is C30H48O2. The first-order valence-electron chi connectivity index (χ1n) is 12.4. The second-order valence-corrected chi connectivity index (χ2v) is 10.4. The molecule has 180 valence electrons. The van der Waals surface area contributed by atoms with E-state index < -0.39 is 0 Å². The van der Waals surface area contributed by atoms with E-state index in [4.69, 9.17) is 0 Å². The number of aliphatic hydroxyl groups excluding tert-OH is 2. The summed E-state index contributed by atoms with van der Waals surface area (Å²) >= 11 is 0. The Kier molecular flexibility index (Phi) is 12.9. The molecule has 32 heavy (non-hydrogen) atoms. The van der Waals surface area contributed by atoms with Gasteiger partial charge >= 0.3 is 0 Å². The first-order valence-corrected chi connectivity index (χ1v) is 12.4. The van der Waals surface area contributed by atoms with Crippen LogP contribution in [-0.4, -0.2) is 22.4 Å². The highest BCUT2D eigenvalue weighted by Gasteiger charge is 2.14. The fraction of sp³-hybridized carbons (Fsp3) is 0.600. The van der Waals surface area contributed by atoms with Gasteiger partial charge < -0.3 is 10.2 Å². The summed E-state index contributed by atoms with van der Waals surface area (Å²) in [6.45, 7) is 16.9. The standard InChI is InChI=1S/2C15H24O/c2*1-11(2)9-15(16)10-13(4)14-7-5-12(3)6-8-14/h2*5,7-9,12-13,15-16H,6,10H2,1-4H3/t12?,13-,15?;/m0./s1. The molecule has 0 spiro atoms. The summed E-state index contributed by atoms with van der Waals surface area (Å²) in [5.74, 6) is 2.21. The minimum atomic E-state index is -0.311. The summed E-state index contributed by atoms with van der Waals surface area (Å²) in [6.07, 6.45) is 20.7. The van der Waals surface area contributed by atoms with Crippen LogP contribution in [0.5, 0.6) is 0 Å². The molecule has 0 aromatic carbocycles. The molecule has 0 bridgehead atoms. The third-order valence-corrected chi connectivity index (χ3v) is 6.06. The number of aliphatic hydroxyl groups is 2. The Bertz CT molecular complexity index is 675. The van der Waals surface area contributed by atoms with Gasteiger partial charge in [-0.2, -0.15) is 0 Å². The predicted octanol–water partition coefficient (Wildman–Crippen LogP) is 7.72. The third-order valence-electron chi connectivity index (χ3n) is 6.06. The molecule has 0 fully saturated rings. The Morgan fingerprint density at radius 1 is 0.781 bits per heavy atom. The summed E-state index contributed by atoms with van der Waals surface area (Å²) < 4.78 is 0. The second-order valence-electron chi connectivity index (χ2n) is 10.4. The van der Waals surface area contributed by atoms with Crippen LogP contribution in [0.2, 0.25) is 0 Å². The average Bonchev–Trinajstić information content (AvgIpc) is 2.68. The van der Waals surface area contributed by atoms with Crippen LogP contribution in [0.3, 0.4) is 0 Å². The van der Waals surface area contributed by atoms with Crippen LogP contribution in [0.25, 0.3) is 0 Å². The van der Waals surface area contributed by atoms with Crippen LogP contribution in [0.15, 0.2) is 70.9 Å². The van der Waals surface area contributed by atoms with E-state index in [0.717, 1.165) is 25.7 Å². The molecule has 2 nitrogen and oxygen atoms in total. The lowest BCUT2D eigenvalue weighted by Gasteiger charge is -2.19. The van der Waals surface area contributed by atoms with Crippen molar-refractivity contribution in [3.05, 3.63) is 70.9 Å². The Morgan fingerprint density at radius 3 is 1.38 bits per heavy atom. The van der Waals surface area contributed by atoms with Crippen molar-refractivity contribution in [3.63, 3.8) is 0 Å². The SMILES string of the molecule is CC(C)=CC(O)CC(C)C1=CCC(C)C=C1.CC(C)=CC(O)C[C@H](C)C1=CCC(C)C=C1. The van der Waals surface area contributed by atoms with Crippen LogP contribution in [0.1, 0.15) is 81.1 Å². The lowest BCUT2D eigenvalue weighted by molar-refractivity contribution is 0.197. The predicted molar refractivity (Wildman–Crippen MR) is 140 cm³/mol. The molecule has 0 heterocycles. The van der Waals surface area contributed by atoms with E-state index in [0.29, 0.717) is 23.7 Å². The third kappa shape index (κ3) is 11.8. The van der Waals surface area contributed by atoms with Crippen LogP contribution < -0.4 is 0 Å². The van der Waals surface area contributed by atoms with Gasteiger partial charge in [0.15, 0.2) is 0 Å². The highest BCUT2D eigenvalue weighted by atomic mass is 16.3. The molecular weight excluding hydrogens is 392 g/mol. The summed E-state index contributed by atoms with van der Waals surface area (Å²) in [5.41, 5.74) is 5.11. The van der Waals surface area contributed by atoms with Crippen molar-refractivity contribution >= 4 is 0 Å². The molecule has 2 rings (SSSR count). The maximum absolute atomic E-state index is 9.84. The molecule has 0 aromatic heterocycles. The Labute approximate surface area is 198 Å². The van der Waals surface area contributed by atoms with Gasteiger partial charge in [0.2, 0.25) is 0 Å². The normalized spacial score (nSPS) is 23.6. The molecule has 0 saturated carbocycles. The second kappa shape index (κ2) is 14.5. The van der Waals surface area contributed by atoms with E-state index in [1.807, 2.05) is 39.8 Å². The molecule has 5 unspecified atom stereocenters. The van der Waals surface area contributed by atoms with Gasteiger partial charge in [0, 0.05) is 0 Å². The molecule has 2 N–H and O–H groups in total. The average molecular weight is 441 g/mol. The van der Waals surface area contributed by atoms with Gasteiger partial charge in [-0.05, 0) is 88.2 Å². The topological polar surface area (TPSA) is 40.5 Å². The fourth-order valence-electron chi connectivity index (χ4n) is 4.12. The van der Waals surface area contributed by atoms with Gasteiger partial charge in [0.1, 0.15) is 0 Å². The highest BCUT2D eigenvalue weighted by Crippen LogP contribution is 2.26. The minimum absolute atomic E-state index is 0.311. The monoisotopic (exact) mass is 440 g/mol. The number of hydrogen-bond donors (Lipinski definition) is 2. The van der Waals surface area contributed by atoms with E-state index in [2.05, 4.69) is 64.2 Å². The van der Waals surface area contributed by atoms with Crippen molar-refractivity contribution in [1.29, 1.82) is 0 Å². The van der Waals surface area contributed by atoms with Crippen molar-refractivity contribution in [2.45, 2.75) is 93.3 Å². The van der Waals surface area contributed by atoms with Crippen molar-refractivity contribution in [2.24, 2.45) is 23.7 Å². The number of hydrogen-bond acceptors (Lipinski definition) is 2. The molecule has 6 atom stereocenters. The molecule has 0 aromatic rings. The zero-order valence-corrected chi connectivity index (χ0v) is 21.8. The summed E-state index contributed by atoms with van der Waals surface area (Å²) in [5, 5.41) is 19.7. The Balaban J connectivity index is 0.000000320. The van der Waals surface area contributed by atoms with Crippen LogP contribution in [-0.2, 0) is 0 Å². The molecule has 2 aliphatic carbocycles. The summed E-state index contributed by atoms with van der Waals surface area (Å²) in [7, 11) is 0. The van der Waals surface area contributed by atoms with Gasteiger partial charge in [-0.3, -0.25) is 0 Å². The maximum atomic E-state index is 9.84. The van der Waals surface area contributed by atoms with E-state index in [1.165, 1.54) is 22.3 Å². The smallest absolute Gasteiger partial charge is 0.0729 e. The largest absolute Gasteiger partial charge is 0.389 e. The van der Waals surface area contributed by atoms with Gasteiger partial charge in [0.05, 0.1) is 12.2 Å². The first kappa shape index (κ1) is 28.4. The van der Waals surface area contributed by atoms with E-state index >= 15 is 0 Å². The molecule has 0 saturated heterocycles. The fourth-order valence-corrected chi connectivity index (χ4v) is 4.12. The number of rotatable bonds is 8. The van der Waals surface area contributed by atoms with E-state index in [1.54, 1.807) is 0 Å². The zero-order chi connectivity index (χ0) is 24.3. The lowest BCUT2D eigenvalue weighted by Crippen LogP contribution is -2.12. The molecule has 2 heteroatoms. The molecule has 0 radical (unpaired) electrons. The Morgan fingerprint density at radius 2 is 1.12 bits per heavy atom. The zero-order valence-electron chi connectivity index (χ0n) is 21.8. The van der Waals surface area contributed by atoms with Crippen molar-refractivity contribution in [1.82, 2.24) is 0 Å². The van der Waals surface area contributed by atoms with E-state index in [9.17, 15) is 10.2 Å². The van der Waals surface area contributed by atoms with Crippen molar-refractivity contribution < 1.29 is 10.2 Å². The van der Waals surface area contributed by atoms with Gasteiger partial charge in [-0.15, -0.1) is 0 Å². The maximum Gasteiger partial charge on any atom is 0.0729 e. The molecule has 0 aliphatic heterocycles. The highest BCUT2D eigenvalue weighted by molar-refractivity contribution is 5.26.